The summed E-state index contributed by atoms with van der Waals surface area (Å²) in [5.74, 6) is -0.621. The summed E-state index contributed by atoms with van der Waals surface area (Å²) >= 11 is 0. The van der Waals surface area contributed by atoms with Crippen molar-refractivity contribution < 1.29 is 9.72 Å². The van der Waals surface area contributed by atoms with Crippen LogP contribution in [-0.2, 0) is 0 Å². The molecule has 0 unspecified atom stereocenters. The molecule has 0 saturated heterocycles. The number of nitrogens with zero attached hydrogens (tertiary/aromatic N) is 1. The van der Waals surface area contributed by atoms with Crippen molar-refractivity contribution in [1.82, 2.24) is 10.9 Å². The molecule has 112 valence electrons. The fourth-order valence-electron chi connectivity index (χ4n) is 1.78. The highest BCUT2D eigenvalue weighted by Crippen LogP contribution is 2.17. The Bertz CT molecular complexity index is 726. The number of rotatable bonds is 5. The molecule has 4 N–H and O–H groups in total. The molecule has 7 nitrogen and oxygen atoms in total. The van der Waals surface area contributed by atoms with Gasteiger partial charge in [0.25, 0.3) is 11.6 Å². The minimum Gasteiger partial charge on any atom is -0.399 e. The number of hydrogen-bond acceptors (Lipinski definition) is 5. The molecule has 0 aliphatic rings. The summed E-state index contributed by atoms with van der Waals surface area (Å²) in [6.45, 7) is 3.78. The molecule has 22 heavy (non-hydrogen) atoms. The van der Waals surface area contributed by atoms with Crippen molar-refractivity contribution in [3.8, 4) is 0 Å². The van der Waals surface area contributed by atoms with Crippen LogP contribution < -0.4 is 16.6 Å². The van der Waals surface area contributed by atoms with Crippen molar-refractivity contribution in [3.05, 3.63) is 76.4 Å². The number of benzene rings is 2. The first-order valence-corrected chi connectivity index (χ1v) is 6.33. The quantitative estimate of drug-likeness (QED) is 0.444. The molecule has 2 aromatic rings. The Kier molecular flexibility index (Phi) is 4.38. The highest BCUT2D eigenvalue weighted by molar-refractivity contribution is 5.98. The van der Waals surface area contributed by atoms with Gasteiger partial charge < -0.3 is 5.73 Å². The van der Waals surface area contributed by atoms with Gasteiger partial charge in [0.2, 0.25) is 0 Å². The van der Waals surface area contributed by atoms with Gasteiger partial charge in [0.05, 0.1) is 10.6 Å². The number of nitro groups is 1. The summed E-state index contributed by atoms with van der Waals surface area (Å²) in [4.78, 5) is 22.3. The molecule has 0 fully saturated rings. The molecular weight excluding hydrogens is 284 g/mol. The molecular formula is C15H14N4O3. The number of amides is 1. The monoisotopic (exact) mass is 298 g/mol. The molecule has 1 amide bonds. The summed E-state index contributed by atoms with van der Waals surface area (Å²) in [7, 11) is 0. The maximum Gasteiger partial charge on any atom is 0.282 e. The topological polar surface area (TPSA) is 110 Å². The van der Waals surface area contributed by atoms with Crippen molar-refractivity contribution in [2.75, 3.05) is 5.73 Å². The molecule has 0 spiro atoms. The Morgan fingerprint density at radius 1 is 1.09 bits per heavy atom. The Labute approximate surface area is 126 Å². The standard InChI is InChI=1S/C15H14N4O3/c1-10(11-6-8-12(16)9-7-11)17-18-15(20)13-4-2-3-5-14(13)19(21)22/h2-9,17H,1,16H2,(H,18,20). The summed E-state index contributed by atoms with van der Waals surface area (Å²) < 4.78 is 0. The molecule has 0 aromatic heterocycles. The predicted octanol–water partition coefficient (Wildman–Crippen LogP) is 2.08. The number of anilines is 1. The first-order valence-electron chi connectivity index (χ1n) is 6.33. The van der Waals surface area contributed by atoms with Crippen LogP contribution in [0, 0.1) is 10.1 Å². The van der Waals surface area contributed by atoms with Crippen LogP contribution in [0.3, 0.4) is 0 Å². The third-order valence-corrected chi connectivity index (χ3v) is 2.93. The summed E-state index contributed by atoms with van der Waals surface area (Å²) in [5, 5.41) is 10.9. The summed E-state index contributed by atoms with van der Waals surface area (Å²) in [6.07, 6.45) is 0. The van der Waals surface area contributed by atoms with Crippen molar-refractivity contribution in [3.63, 3.8) is 0 Å². The molecule has 0 heterocycles. The van der Waals surface area contributed by atoms with Crippen molar-refractivity contribution >= 4 is 23.0 Å². The van der Waals surface area contributed by atoms with Crippen LogP contribution in [0.5, 0.6) is 0 Å². The van der Waals surface area contributed by atoms with Crippen LogP contribution in [0.25, 0.3) is 5.70 Å². The molecule has 0 saturated carbocycles. The highest BCUT2D eigenvalue weighted by atomic mass is 16.6. The van der Waals surface area contributed by atoms with Crippen molar-refractivity contribution in [1.29, 1.82) is 0 Å². The Morgan fingerprint density at radius 2 is 1.73 bits per heavy atom. The normalized spacial score (nSPS) is 9.82. The second-order valence-electron chi connectivity index (χ2n) is 4.45. The Balaban J connectivity index is 2.06. The molecule has 0 radical (unpaired) electrons. The third kappa shape index (κ3) is 3.40. The zero-order chi connectivity index (χ0) is 16.1. The average Bonchev–Trinajstić information content (AvgIpc) is 2.53. The van der Waals surface area contributed by atoms with Gasteiger partial charge in [-0.05, 0) is 23.8 Å². The summed E-state index contributed by atoms with van der Waals surface area (Å²) in [5.41, 5.74) is 12.1. The largest absolute Gasteiger partial charge is 0.399 e. The van der Waals surface area contributed by atoms with E-state index in [1.165, 1.54) is 18.2 Å². The van der Waals surface area contributed by atoms with Crippen LogP contribution in [0.1, 0.15) is 15.9 Å². The third-order valence-electron chi connectivity index (χ3n) is 2.93. The van der Waals surface area contributed by atoms with Gasteiger partial charge in [0.1, 0.15) is 5.56 Å². The van der Waals surface area contributed by atoms with Gasteiger partial charge in [-0.25, -0.2) is 0 Å². The van der Waals surface area contributed by atoms with E-state index in [1.807, 2.05) is 0 Å². The zero-order valence-electron chi connectivity index (χ0n) is 11.6. The van der Waals surface area contributed by atoms with Gasteiger partial charge in [-0.2, -0.15) is 0 Å². The van der Waals surface area contributed by atoms with Crippen LogP contribution in [-0.4, -0.2) is 10.8 Å². The second kappa shape index (κ2) is 6.40. The van der Waals surface area contributed by atoms with Crippen molar-refractivity contribution in [2.45, 2.75) is 0 Å². The van der Waals surface area contributed by atoms with E-state index < -0.39 is 10.8 Å². The van der Waals surface area contributed by atoms with Gasteiger partial charge in [-0.1, -0.05) is 30.8 Å². The lowest BCUT2D eigenvalue weighted by molar-refractivity contribution is -0.385. The maximum atomic E-state index is 12.0. The number of hydrazine groups is 1. The van der Waals surface area contributed by atoms with E-state index in [9.17, 15) is 14.9 Å². The van der Waals surface area contributed by atoms with E-state index in [0.29, 0.717) is 11.4 Å². The molecule has 2 rings (SSSR count). The van der Waals surface area contributed by atoms with Crippen LogP contribution in [0.2, 0.25) is 0 Å². The number of carbonyl (C=O) groups is 1. The Hall–Kier alpha value is -3.35. The molecule has 0 aliphatic carbocycles. The second-order valence-corrected chi connectivity index (χ2v) is 4.45. The van der Waals surface area contributed by atoms with Crippen molar-refractivity contribution in [2.24, 2.45) is 0 Å². The number of nitrogen functional groups attached to an aromatic ring is 1. The molecule has 0 bridgehead atoms. The van der Waals surface area contributed by atoms with E-state index >= 15 is 0 Å². The van der Waals surface area contributed by atoms with Gasteiger partial charge >= 0.3 is 0 Å². The predicted molar refractivity (Wildman–Crippen MR) is 83.6 cm³/mol. The lowest BCUT2D eigenvalue weighted by Crippen LogP contribution is -2.36. The van der Waals surface area contributed by atoms with Crippen LogP contribution >= 0.6 is 0 Å². The smallest absolute Gasteiger partial charge is 0.282 e. The van der Waals surface area contributed by atoms with E-state index in [0.717, 1.165) is 5.56 Å². The Morgan fingerprint density at radius 3 is 2.36 bits per heavy atom. The number of nitrogens with one attached hydrogen (secondary N) is 2. The van der Waals surface area contributed by atoms with E-state index in [1.54, 1.807) is 30.3 Å². The van der Waals surface area contributed by atoms with E-state index in [2.05, 4.69) is 17.4 Å². The lowest BCUT2D eigenvalue weighted by Gasteiger charge is -2.11. The van der Waals surface area contributed by atoms with Crippen LogP contribution in [0.4, 0.5) is 11.4 Å². The maximum absolute atomic E-state index is 12.0. The number of carbonyl (C=O) groups excluding carboxylic acids is 1. The number of nitrogens with two attached hydrogens (primary N) is 1. The zero-order valence-corrected chi connectivity index (χ0v) is 11.6. The first-order chi connectivity index (χ1) is 10.5. The minimum absolute atomic E-state index is 0.0369. The molecule has 0 atom stereocenters. The molecule has 2 aromatic carbocycles. The van der Waals surface area contributed by atoms with Gasteiger partial charge in [-0.15, -0.1) is 0 Å². The minimum atomic E-state index is -0.621. The highest BCUT2D eigenvalue weighted by Gasteiger charge is 2.18. The fraction of sp³-hybridized carbons (Fsp3) is 0. The van der Waals surface area contributed by atoms with Crippen LogP contribution in [0.15, 0.2) is 55.1 Å². The number of hydrogen-bond donors (Lipinski definition) is 3. The number of para-hydroxylation sites is 1. The van der Waals surface area contributed by atoms with E-state index in [-0.39, 0.29) is 11.3 Å². The first kappa shape index (κ1) is 15.0. The fourth-order valence-corrected chi connectivity index (χ4v) is 1.78. The van der Waals surface area contributed by atoms with Gasteiger partial charge in [-0.3, -0.25) is 25.8 Å². The lowest BCUT2D eigenvalue weighted by atomic mass is 10.1. The SMILES string of the molecule is C=C(NNC(=O)c1ccccc1[N+](=O)[O-])c1ccc(N)cc1. The summed E-state index contributed by atoms with van der Waals surface area (Å²) in [6, 6.07) is 12.6. The average molecular weight is 298 g/mol. The number of nitro benzene ring substituents is 1. The van der Waals surface area contributed by atoms with Gasteiger partial charge in [0, 0.05) is 11.8 Å². The molecule has 7 heteroatoms. The van der Waals surface area contributed by atoms with Gasteiger partial charge in [0.15, 0.2) is 0 Å². The molecule has 0 aliphatic heterocycles. The van der Waals surface area contributed by atoms with E-state index in [4.69, 9.17) is 5.73 Å².